The Kier molecular flexibility index (Phi) is 2.00. The highest BCUT2D eigenvalue weighted by atomic mass is 15.6. The zero-order chi connectivity index (χ0) is 8.39. The summed E-state index contributed by atoms with van der Waals surface area (Å²) >= 11 is 0. The van der Waals surface area contributed by atoms with Crippen LogP contribution in [0.2, 0.25) is 0 Å². The molecular weight excluding hydrogens is 148 g/mol. The number of benzene rings is 1. The summed E-state index contributed by atoms with van der Waals surface area (Å²) in [5.74, 6) is 0. The van der Waals surface area contributed by atoms with Gasteiger partial charge in [-0.25, -0.2) is 5.01 Å². The van der Waals surface area contributed by atoms with Crippen LogP contribution in [0.25, 0.3) is 0 Å². The Hall–Kier alpha value is -1.02. The standard InChI is InChI=1S/C10H14N2/c1-11(12-8-5-9-12)10-6-3-2-4-7-10/h2-4,6-7H,5,8-9H2,1H3. The lowest BCUT2D eigenvalue weighted by Crippen LogP contribution is -2.48. The lowest BCUT2D eigenvalue weighted by Gasteiger charge is -2.39. The summed E-state index contributed by atoms with van der Waals surface area (Å²) in [5, 5.41) is 4.57. The second kappa shape index (κ2) is 3.15. The fraction of sp³-hybridized carbons (Fsp3) is 0.400. The van der Waals surface area contributed by atoms with Crippen LogP contribution in [0.15, 0.2) is 30.3 Å². The van der Waals surface area contributed by atoms with E-state index in [-0.39, 0.29) is 0 Å². The Morgan fingerprint density at radius 2 is 1.83 bits per heavy atom. The first-order valence-corrected chi connectivity index (χ1v) is 4.41. The third-order valence-corrected chi connectivity index (χ3v) is 2.39. The summed E-state index contributed by atoms with van der Waals surface area (Å²) in [5.41, 5.74) is 1.28. The van der Waals surface area contributed by atoms with Crippen LogP contribution in [-0.4, -0.2) is 25.1 Å². The average Bonchev–Trinajstić information content (AvgIpc) is 2.03. The minimum Gasteiger partial charge on any atom is -0.309 e. The molecule has 1 aromatic carbocycles. The van der Waals surface area contributed by atoms with Gasteiger partial charge in [-0.3, -0.25) is 0 Å². The predicted octanol–water partition coefficient (Wildman–Crippen LogP) is 1.74. The lowest BCUT2D eigenvalue weighted by molar-refractivity contribution is 0.172. The number of nitrogens with zero attached hydrogens (tertiary/aromatic N) is 2. The third kappa shape index (κ3) is 1.30. The van der Waals surface area contributed by atoms with Crippen molar-refractivity contribution in [2.24, 2.45) is 0 Å². The van der Waals surface area contributed by atoms with Crippen LogP contribution >= 0.6 is 0 Å². The van der Waals surface area contributed by atoms with Crippen molar-refractivity contribution in [3.8, 4) is 0 Å². The zero-order valence-corrected chi connectivity index (χ0v) is 7.40. The molecule has 0 saturated carbocycles. The van der Waals surface area contributed by atoms with Crippen LogP contribution in [-0.2, 0) is 0 Å². The Labute approximate surface area is 73.4 Å². The molecule has 2 rings (SSSR count). The fourth-order valence-electron chi connectivity index (χ4n) is 1.41. The lowest BCUT2D eigenvalue weighted by atomic mass is 10.2. The molecule has 0 aromatic heterocycles. The molecule has 64 valence electrons. The van der Waals surface area contributed by atoms with Crippen LogP contribution in [0.3, 0.4) is 0 Å². The molecule has 1 aromatic rings. The third-order valence-electron chi connectivity index (χ3n) is 2.39. The van der Waals surface area contributed by atoms with Crippen LogP contribution in [0, 0.1) is 0 Å². The maximum atomic E-state index is 2.34. The molecule has 0 aliphatic carbocycles. The molecule has 0 N–H and O–H groups in total. The van der Waals surface area contributed by atoms with Crippen LogP contribution in [0.5, 0.6) is 0 Å². The number of hydrogen-bond donors (Lipinski definition) is 0. The van der Waals surface area contributed by atoms with Crippen molar-refractivity contribution in [3.05, 3.63) is 30.3 Å². The van der Waals surface area contributed by atoms with Gasteiger partial charge in [0.1, 0.15) is 0 Å². The molecule has 0 spiro atoms. The van der Waals surface area contributed by atoms with Gasteiger partial charge in [-0.05, 0) is 18.6 Å². The van der Waals surface area contributed by atoms with Crippen molar-refractivity contribution in [1.29, 1.82) is 0 Å². The van der Waals surface area contributed by atoms with Gasteiger partial charge in [-0.1, -0.05) is 18.2 Å². The van der Waals surface area contributed by atoms with E-state index in [1.807, 2.05) is 6.07 Å². The number of hydrazine groups is 1. The number of anilines is 1. The van der Waals surface area contributed by atoms with Crippen molar-refractivity contribution >= 4 is 5.69 Å². The van der Waals surface area contributed by atoms with E-state index < -0.39 is 0 Å². The monoisotopic (exact) mass is 162 g/mol. The minimum absolute atomic E-state index is 1.20. The molecule has 1 heterocycles. The molecule has 0 unspecified atom stereocenters. The second-order valence-corrected chi connectivity index (χ2v) is 3.17. The molecular formula is C10H14N2. The summed E-state index contributed by atoms with van der Waals surface area (Å²) in [6, 6.07) is 10.5. The van der Waals surface area contributed by atoms with Crippen molar-refractivity contribution in [2.45, 2.75) is 6.42 Å². The van der Waals surface area contributed by atoms with Crippen molar-refractivity contribution < 1.29 is 0 Å². The van der Waals surface area contributed by atoms with Gasteiger partial charge in [-0.2, -0.15) is 0 Å². The highest BCUT2D eigenvalue weighted by Gasteiger charge is 2.18. The van der Waals surface area contributed by atoms with Crippen LogP contribution < -0.4 is 5.01 Å². The van der Waals surface area contributed by atoms with Gasteiger partial charge in [0.05, 0.1) is 5.69 Å². The van der Waals surface area contributed by atoms with E-state index in [0.717, 1.165) is 0 Å². The quantitative estimate of drug-likeness (QED) is 0.653. The first kappa shape index (κ1) is 7.62. The molecule has 2 heteroatoms. The maximum absolute atomic E-state index is 2.34. The smallest absolute Gasteiger partial charge is 0.0518 e. The summed E-state index contributed by atoms with van der Waals surface area (Å²) in [4.78, 5) is 0. The van der Waals surface area contributed by atoms with Gasteiger partial charge in [-0.15, -0.1) is 0 Å². The average molecular weight is 162 g/mol. The van der Waals surface area contributed by atoms with Gasteiger partial charge >= 0.3 is 0 Å². The zero-order valence-electron chi connectivity index (χ0n) is 7.40. The molecule has 0 bridgehead atoms. The Morgan fingerprint density at radius 1 is 1.17 bits per heavy atom. The molecule has 0 atom stereocenters. The van der Waals surface area contributed by atoms with E-state index in [4.69, 9.17) is 0 Å². The summed E-state index contributed by atoms with van der Waals surface area (Å²) in [6.45, 7) is 2.40. The van der Waals surface area contributed by atoms with E-state index in [1.54, 1.807) is 0 Å². The first-order valence-electron chi connectivity index (χ1n) is 4.41. The summed E-state index contributed by atoms with van der Waals surface area (Å²) in [6.07, 6.45) is 1.33. The van der Waals surface area contributed by atoms with Gasteiger partial charge in [0.25, 0.3) is 0 Å². The van der Waals surface area contributed by atoms with E-state index in [9.17, 15) is 0 Å². The Bertz CT molecular complexity index is 241. The van der Waals surface area contributed by atoms with Gasteiger partial charge in [0, 0.05) is 20.1 Å². The number of para-hydroxylation sites is 1. The molecule has 1 fully saturated rings. The fourth-order valence-corrected chi connectivity index (χ4v) is 1.41. The Balaban J connectivity index is 2.08. The van der Waals surface area contributed by atoms with E-state index in [1.165, 1.54) is 25.2 Å². The molecule has 12 heavy (non-hydrogen) atoms. The van der Waals surface area contributed by atoms with Gasteiger partial charge in [0.15, 0.2) is 0 Å². The van der Waals surface area contributed by atoms with Crippen LogP contribution in [0.1, 0.15) is 6.42 Å². The topological polar surface area (TPSA) is 6.48 Å². The summed E-state index contributed by atoms with van der Waals surface area (Å²) < 4.78 is 0. The SMILES string of the molecule is CN(c1ccccc1)N1CCC1. The van der Waals surface area contributed by atoms with Crippen LogP contribution in [0.4, 0.5) is 5.69 Å². The minimum atomic E-state index is 1.20. The van der Waals surface area contributed by atoms with Crippen molar-refractivity contribution in [3.63, 3.8) is 0 Å². The Morgan fingerprint density at radius 3 is 2.33 bits per heavy atom. The molecule has 1 aliphatic rings. The van der Waals surface area contributed by atoms with E-state index >= 15 is 0 Å². The largest absolute Gasteiger partial charge is 0.309 e. The van der Waals surface area contributed by atoms with E-state index in [2.05, 4.69) is 41.3 Å². The highest BCUT2D eigenvalue weighted by Crippen LogP contribution is 2.17. The van der Waals surface area contributed by atoms with E-state index in [0.29, 0.717) is 0 Å². The maximum Gasteiger partial charge on any atom is 0.0518 e. The summed E-state index contributed by atoms with van der Waals surface area (Å²) in [7, 11) is 2.12. The number of rotatable bonds is 2. The van der Waals surface area contributed by atoms with Crippen molar-refractivity contribution in [1.82, 2.24) is 5.01 Å². The van der Waals surface area contributed by atoms with Gasteiger partial charge < -0.3 is 5.01 Å². The molecule has 2 nitrogen and oxygen atoms in total. The second-order valence-electron chi connectivity index (χ2n) is 3.17. The highest BCUT2D eigenvalue weighted by molar-refractivity contribution is 5.44. The molecule has 1 aliphatic heterocycles. The molecule has 0 radical (unpaired) electrons. The first-order chi connectivity index (χ1) is 5.88. The number of hydrogen-bond acceptors (Lipinski definition) is 2. The normalized spacial score (nSPS) is 17.1. The predicted molar refractivity (Wildman–Crippen MR) is 51.0 cm³/mol. The van der Waals surface area contributed by atoms with Crippen molar-refractivity contribution in [2.75, 3.05) is 25.1 Å². The van der Waals surface area contributed by atoms with Gasteiger partial charge in [0.2, 0.25) is 0 Å². The molecule has 1 saturated heterocycles. The molecule has 0 amide bonds.